The molecule has 0 radical (unpaired) electrons. The van der Waals surface area contributed by atoms with Crippen LogP contribution < -0.4 is 0 Å². The Bertz CT molecular complexity index is 505. The summed E-state index contributed by atoms with van der Waals surface area (Å²) in [6.07, 6.45) is 1.80. The molecule has 0 aromatic heterocycles. The third kappa shape index (κ3) is 1.75. The summed E-state index contributed by atoms with van der Waals surface area (Å²) in [5, 5.41) is 10.2. The molecule has 0 saturated heterocycles. The molecule has 1 atom stereocenters. The Labute approximate surface area is 104 Å². The van der Waals surface area contributed by atoms with Crippen molar-refractivity contribution in [2.45, 2.75) is 31.8 Å². The average molecular weight is 252 g/mol. The smallest absolute Gasteiger partial charge is 0.145 e. The highest BCUT2D eigenvalue weighted by molar-refractivity contribution is 5.92. The van der Waals surface area contributed by atoms with E-state index in [0.717, 1.165) is 25.0 Å². The van der Waals surface area contributed by atoms with Gasteiger partial charge in [0.25, 0.3) is 0 Å². The summed E-state index contributed by atoms with van der Waals surface area (Å²) in [7, 11) is 0. The maximum absolute atomic E-state index is 13.6. The molecule has 4 heteroatoms. The minimum Gasteiger partial charge on any atom is -0.387 e. The van der Waals surface area contributed by atoms with E-state index in [0.29, 0.717) is 12.8 Å². The third-order valence-corrected chi connectivity index (χ3v) is 4.01. The van der Waals surface area contributed by atoms with E-state index in [1.54, 1.807) is 0 Å². The predicted molar refractivity (Wildman–Crippen MR) is 60.7 cm³/mol. The fourth-order valence-electron chi connectivity index (χ4n) is 2.56. The lowest BCUT2D eigenvalue weighted by molar-refractivity contribution is -0.129. The summed E-state index contributed by atoms with van der Waals surface area (Å²) in [4.78, 5) is 12.1. The van der Waals surface area contributed by atoms with E-state index in [1.165, 1.54) is 6.07 Å². The second kappa shape index (κ2) is 3.85. The summed E-state index contributed by atoms with van der Waals surface area (Å²) in [5.41, 5.74) is -0.775. The fraction of sp³-hybridized carbons (Fsp3) is 0.500. The number of carbonyl (C=O) groups excluding carboxylic acids is 1. The molecule has 0 amide bonds. The quantitative estimate of drug-likeness (QED) is 0.894. The van der Waals surface area contributed by atoms with E-state index in [1.807, 2.05) is 0 Å². The molecule has 2 fully saturated rings. The Morgan fingerprint density at radius 1 is 1.33 bits per heavy atom. The van der Waals surface area contributed by atoms with Gasteiger partial charge in [0.05, 0.1) is 11.5 Å². The molecule has 0 heterocycles. The SMILES string of the molecule is O=C(C1CC1)C1(C(O)c2ccc(F)cc2F)CC1. The van der Waals surface area contributed by atoms with Crippen molar-refractivity contribution in [3.05, 3.63) is 35.4 Å². The van der Waals surface area contributed by atoms with Crippen molar-refractivity contribution in [3.63, 3.8) is 0 Å². The van der Waals surface area contributed by atoms with Gasteiger partial charge in [-0.3, -0.25) is 4.79 Å². The van der Waals surface area contributed by atoms with E-state index >= 15 is 0 Å². The van der Waals surface area contributed by atoms with Crippen molar-refractivity contribution >= 4 is 5.78 Å². The number of aliphatic hydroxyl groups excluding tert-OH is 1. The molecule has 0 bridgehead atoms. The first-order valence-corrected chi connectivity index (χ1v) is 6.22. The van der Waals surface area contributed by atoms with E-state index in [-0.39, 0.29) is 17.3 Å². The van der Waals surface area contributed by atoms with Gasteiger partial charge in [0, 0.05) is 17.5 Å². The van der Waals surface area contributed by atoms with Crippen molar-refractivity contribution < 1.29 is 18.7 Å². The predicted octanol–water partition coefficient (Wildman–Crippen LogP) is 2.76. The van der Waals surface area contributed by atoms with Gasteiger partial charge in [-0.1, -0.05) is 6.07 Å². The highest BCUT2D eigenvalue weighted by Crippen LogP contribution is 2.59. The van der Waals surface area contributed by atoms with E-state index < -0.39 is 23.2 Å². The van der Waals surface area contributed by atoms with Crippen LogP contribution in [-0.4, -0.2) is 10.9 Å². The molecule has 18 heavy (non-hydrogen) atoms. The summed E-state index contributed by atoms with van der Waals surface area (Å²) in [5.74, 6) is -1.36. The van der Waals surface area contributed by atoms with Gasteiger partial charge in [0.15, 0.2) is 0 Å². The normalized spacial score (nSPS) is 22.6. The molecule has 2 aliphatic carbocycles. The van der Waals surface area contributed by atoms with Crippen LogP contribution >= 0.6 is 0 Å². The topological polar surface area (TPSA) is 37.3 Å². The van der Waals surface area contributed by atoms with Crippen molar-refractivity contribution in [1.29, 1.82) is 0 Å². The van der Waals surface area contributed by atoms with Gasteiger partial charge in [0.1, 0.15) is 17.4 Å². The highest BCUT2D eigenvalue weighted by Gasteiger charge is 2.59. The minimum absolute atomic E-state index is 0.0305. The minimum atomic E-state index is -1.15. The zero-order chi connectivity index (χ0) is 12.9. The molecule has 2 aliphatic rings. The number of benzene rings is 1. The number of Topliss-reactive ketones (excluding diaryl/α,β-unsaturated/α-hetero) is 1. The average Bonchev–Trinajstić information content (AvgIpc) is 3.20. The fourth-order valence-corrected chi connectivity index (χ4v) is 2.56. The number of hydrogen-bond acceptors (Lipinski definition) is 2. The summed E-state index contributed by atoms with van der Waals surface area (Å²) >= 11 is 0. The van der Waals surface area contributed by atoms with Crippen molar-refractivity contribution in [3.8, 4) is 0 Å². The zero-order valence-corrected chi connectivity index (χ0v) is 9.83. The first kappa shape index (κ1) is 11.8. The Morgan fingerprint density at radius 2 is 2.00 bits per heavy atom. The summed E-state index contributed by atoms with van der Waals surface area (Å²) in [6.45, 7) is 0. The number of halogens is 2. The lowest BCUT2D eigenvalue weighted by atomic mass is 9.86. The van der Waals surface area contributed by atoms with Crippen LogP contribution in [0.5, 0.6) is 0 Å². The molecule has 0 aliphatic heterocycles. The molecule has 96 valence electrons. The van der Waals surface area contributed by atoms with Gasteiger partial charge >= 0.3 is 0 Å². The third-order valence-electron chi connectivity index (χ3n) is 4.01. The second-order valence-corrected chi connectivity index (χ2v) is 5.36. The van der Waals surface area contributed by atoms with E-state index in [2.05, 4.69) is 0 Å². The number of ketones is 1. The monoisotopic (exact) mass is 252 g/mol. The Hall–Kier alpha value is -1.29. The molecule has 2 nitrogen and oxygen atoms in total. The maximum Gasteiger partial charge on any atom is 0.145 e. The number of rotatable bonds is 4. The highest BCUT2D eigenvalue weighted by atomic mass is 19.1. The number of hydrogen-bond donors (Lipinski definition) is 1. The lowest BCUT2D eigenvalue weighted by Crippen LogP contribution is -2.26. The van der Waals surface area contributed by atoms with Crippen molar-refractivity contribution in [1.82, 2.24) is 0 Å². The Morgan fingerprint density at radius 3 is 2.50 bits per heavy atom. The molecule has 3 rings (SSSR count). The van der Waals surface area contributed by atoms with Crippen molar-refractivity contribution in [2.75, 3.05) is 0 Å². The molecule has 1 aromatic carbocycles. The molecule has 1 N–H and O–H groups in total. The molecular formula is C14H14F2O2. The molecule has 0 spiro atoms. The van der Waals surface area contributed by atoms with Gasteiger partial charge in [-0.05, 0) is 31.7 Å². The molecule has 2 saturated carbocycles. The van der Waals surface area contributed by atoms with Gasteiger partial charge in [-0.25, -0.2) is 8.78 Å². The van der Waals surface area contributed by atoms with Crippen LogP contribution in [0.3, 0.4) is 0 Å². The number of carbonyl (C=O) groups is 1. The van der Waals surface area contributed by atoms with Crippen LogP contribution in [-0.2, 0) is 4.79 Å². The molecular weight excluding hydrogens is 238 g/mol. The standard InChI is InChI=1S/C14H14F2O2/c15-9-3-4-10(11(16)7-9)13(18)14(5-6-14)12(17)8-1-2-8/h3-4,7-8,13,18H,1-2,5-6H2. The van der Waals surface area contributed by atoms with Gasteiger partial charge in [0.2, 0.25) is 0 Å². The Kier molecular flexibility index (Phi) is 2.52. The summed E-state index contributed by atoms with van der Waals surface area (Å²) < 4.78 is 26.5. The lowest BCUT2D eigenvalue weighted by Gasteiger charge is -2.21. The number of aliphatic hydroxyl groups is 1. The summed E-state index contributed by atoms with van der Waals surface area (Å²) in [6, 6.07) is 3.09. The van der Waals surface area contributed by atoms with Crippen LogP contribution in [0.2, 0.25) is 0 Å². The molecule has 1 aromatic rings. The van der Waals surface area contributed by atoms with Crippen LogP contribution in [0.1, 0.15) is 37.4 Å². The van der Waals surface area contributed by atoms with Crippen molar-refractivity contribution in [2.24, 2.45) is 11.3 Å². The zero-order valence-electron chi connectivity index (χ0n) is 9.83. The van der Waals surface area contributed by atoms with E-state index in [4.69, 9.17) is 0 Å². The van der Waals surface area contributed by atoms with Gasteiger partial charge in [-0.2, -0.15) is 0 Å². The Balaban J connectivity index is 1.89. The molecule has 1 unspecified atom stereocenters. The van der Waals surface area contributed by atoms with Crippen LogP contribution in [0.25, 0.3) is 0 Å². The van der Waals surface area contributed by atoms with Crippen LogP contribution in [0.4, 0.5) is 8.78 Å². The first-order chi connectivity index (χ1) is 8.54. The largest absolute Gasteiger partial charge is 0.387 e. The van der Waals surface area contributed by atoms with E-state index in [9.17, 15) is 18.7 Å². The van der Waals surface area contributed by atoms with Crippen LogP contribution in [0, 0.1) is 23.0 Å². The second-order valence-electron chi connectivity index (χ2n) is 5.36. The van der Waals surface area contributed by atoms with Gasteiger partial charge < -0.3 is 5.11 Å². The first-order valence-electron chi connectivity index (χ1n) is 6.22. The van der Waals surface area contributed by atoms with Crippen LogP contribution in [0.15, 0.2) is 18.2 Å². The maximum atomic E-state index is 13.6. The van der Waals surface area contributed by atoms with Gasteiger partial charge in [-0.15, -0.1) is 0 Å².